The molecule has 100 valence electrons. The molecule has 1 heterocycles. The van der Waals surface area contributed by atoms with Gasteiger partial charge in [0.25, 0.3) is 0 Å². The lowest BCUT2D eigenvalue weighted by Crippen LogP contribution is -2.44. The van der Waals surface area contributed by atoms with Gasteiger partial charge >= 0.3 is 0 Å². The van der Waals surface area contributed by atoms with Crippen LogP contribution in [0.2, 0.25) is 0 Å². The molecule has 18 heavy (non-hydrogen) atoms. The quantitative estimate of drug-likeness (QED) is 0.750. The molecule has 0 spiro atoms. The molecule has 0 saturated carbocycles. The highest BCUT2D eigenvalue weighted by molar-refractivity contribution is 5.24. The number of hydrogen-bond donors (Lipinski definition) is 1. The van der Waals surface area contributed by atoms with Gasteiger partial charge in [0.15, 0.2) is 0 Å². The molecule has 4 nitrogen and oxygen atoms in total. The first kappa shape index (κ1) is 13.3. The zero-order valence-corrected chi connectivity index (χ0v) is 11.2. The number of piperazine rings is 1. The summed E-state index contributed by atoms with van der Waals surface area (Å²) in [6.45, 7) is 5.89. The second-order valence-corrected chi connectivity index (χ2v) is 5.01. The van der Waals surface area contributed by atoms with Crippen molar-refractivity contribution in [2.24, 2.45) is 0 Å². The zero-order valence-electron chi connectivity index (χ0n) is 11.2. The Bertz CT molecular complexity index is 366. The predicted molar refractivity (Wildman–Crippen MR) is 71.8 cm³/mol. The number of hydroxylamine groups is 2. The molecular weight excluding hydrogens is 228 g/mol. The van der Waals surface area contributed by atoms with Crippen molar-refractivity contribution in [3.05, 3.63) is 35.6 Å². The van der Waals surface area contributed by atoms with Crippen molar-refractivity contribution in [3.8, 4) is 0 Å². The summed E-state index contributed by atoms with van der Waals surface area (Å²) in [5.41, 5.74) is 1.23. The van der Waals surface area contributed by atoms with Crippen LogP contribution in [0, 0.1) is 0 Å². The first-order chi connectivity index (χ1) is 8.63. The molecule has 1 aliphatic carbocycles. The maximum atomic E-state index is 9.74. The monoisotopic (exact) mass is 250 g/mol. The Morgan fingerprint density at radius 1 is 1.28 bits per heavy atom. The standard InChI is InChI=1S/C14H22N2O2/c1-12-4-3-5-13(17)11-14(10-12)18-16-8-6-15(2)7-9-16/h3,5,10-11,13,17H,4,6-9H2,1-2H3/b5-3-,12-10-,14-11+. The van der Waals surface area contributed by atoms with E-state index in [0.29, 0.717) is 0 Å². The number of allylic oxidation sites excluding steroid dienone is 3. The number of aliphatic hydroxyl groups is 1. The van der Waals surface area contributed by atoms with Gasteiger partial charge in [0.1, 0.15) is 5.76 Å². The summed E-state index contributed by atoms with van der Waals surface area (Å²) in [4.78, 5) is 8.14. The summed E-state index contributed by atoms with van der Waals surface area (Å²) >= 11 is 0. The lowest BCUT2D eigenvalue weighted by Gasteiger charge is -2.32. The van der Waals surface area contributed by atoms with Crippen molar-refractivity contribution in [1.82, 2.24) is 9.96 Å². The van der Waals surface area contributed by atoms with Crippen molar-refractivity contribution >= 4 is 0 Å². The van der Waals surface area contributed by atoms with Crippen molar-refractivity contribution in [2.75, 3.05) is 33.2 Å². The fraction of sp³-hybridized carbons (Fsp3) is 0.571. The molecule has 0 aromatic heterocycles. The van der Waals surface area contributed by atoms with Gasteiger partial charge in [-0.2, -0.15) is 0 Å². The summed E-state index contributed by atoms with van der Waals surface area (Å²) in [5.74, 6) is 0.744. The summed E-state index contributed by atoms with van der Waals surface area (Å²) < 4.78 is 0. The van der Waals surface area contributed by atoms with Gasteiger partial charge in [0.2, 0.25) is 0 Å². The Morgan fingerprint density at radius 2 is 2.00 bits per heavy atom. The maximum absolute atomic E-state index is 9.74. The van der Waals surface area contributed by atoms with Gasteiger partial charge < -0.3 is 14.8 Å². The number of rotatable bonds is 2. The van der Waals surface area contributed by atoms with E-state index >= 15 is 0 Å². The second kappa shape index (κ2) is 6.18. The topological polar surface area (TPSA) is 35.9 Å². The van der Waals surface area contributed by atoms with Crippen LogP contribution in [0.1, 0.15) is 13.3 Å². The lowest BCUT2D eigenvalue weighted by atomic mass is 10.1. The zero-order chi connectivity index (χ0) is 13.0. The van der Waals surface area contributed by atoms with E-state index in [9.17, 15) is 5.11 Å². The van der Waals surface area contributed by atoms with E-state index in [0.717, 1.165) is 38.4 Å². The summed E-state index contributed by atoms with van der Waals surface area (Å²) in [6, 6.07) is 0. The van der Waals surface area contributed by atoms with E-state index in [1.807, 2.05) is 17.2 Å². The molecule has 2 rings (SSSR count). The van der Waals surface area contributed by atoms with Crippen molar-refractivity contribution in [3.63, 3.8) is 0 Å². The van der Waals surface area contributed by atoms with Gasteiger partial charge in [-0.05, 0) is 32.5 Å². The highest BCUT2D eigenvalue weighted by atomic mass is 16.7. The van der Waals surface area contributed by atoms with Gasteiger partial charge in [-0.15, -0.1) is 5.06 Å². The Labute approximate surface area is 109 Å². The third-order valence-electron chi connectivity index (χ3n) is 3.19. The van der Waals surface area contributed by atoms with Crippen LogP contribution in [0.25, 0.3) is 0 Å². The van der Waals surface area contributed by atoms with E-state index in [1.54, 1.807) is 12.2 Å². The number of hydrogen-bond acceptors (Lipinski definition) is 4. The van der Waals surface area contributed by atoms with Crippen LogP contribution in [0.15, 0.2) is 35.6 Å². The van der Waals surface area contributed by atoms with Gasteiger partial charge in [-0.1, -0.05) is 17.7 Å². The van der Waals surface area contributed by atoms with Crippen molar-refractivity contribution in [1.29, 1.82) is 0 Å². The van der Waals surface area contributed by atoms with E-state index in [-0.39, 0.29) is 0 Å². The van der Waals surface area contributed by atoms with Gasteiger partial charge in [0.05, 0.1) is 6.10 Å². The summed E-state index contributed by atoms with van der Waals surface area (Å²) in [6.07, 6.45) is 7.84. The third-order valence-corrected chi connectivity index (χ3v) is 3.19. The molecular formula is C14H22N2O2. The molecule has 1 N–H and O–H groups in total. The van der Waals surface area contributed by atoms with Crippen molar-refractivity contribution < 1.29 is 9.94 Å². The fourth-order valence-electron chi connectivity index (χ4n) is 2.05. The van der Waals surface area contributed by atoms with E-state index in [4.69, 9.17) is 4.84 Å². The Balaban J connectivity index is 2.00. The van der Waals surface area contributed by atoms with Crippen LogP contribution < -0.4 is 0 Å². The van der Waals surface area contributed by atoms with E-state index in [2.05, 4.69) is 18.9 Å². The molecule has 2 aliphatic rings. The molecule has 4 heteroatoms. The Hall–Kier alpha value is -1.10. The number of nitrogens with zero attached hydrogens (tertiary/aromatic N) is 2. The summed E-state index contributed by atoms with van der Waals surface area (Å²) in [7, 11) is 2.12. The molecule has 1 saturated heterocycles. The largest absolute Gasteiger partial charge is 0.406 e. The summed E-state index contributed by atoms with van der Waals surface area (Å²) in [5, 5.41) is 11.7. The Kier molecular flexibility index (Phi) is 4.58. The van der Waals surface area contributed by atoms with Crippen LogP contribution >= 0.6 is 0 Å². The first-order valence-corrected chi connectivity index (χ1v) is 6.48. The highest BCUT2D eigenvalue weighted by Gasteiger charge is 2.16. The highest BCUT2D eigenvalue weighted by Crippen LogP contribution is 2.15. The molecule has 0 aromatic carbocycles. The van der Waals surface area contributed by atoms with Gasteiger partial charge in [-0.3, -0.25) is 0 Å². The van der Waals surface area contributed by atoms with Crippen molar-refractivity contribution in [2.45, 2.75) is 19.4 Å². The number of likely N-dealkylation sites (N-methyl/N-ethyl adjacent to an activating group) is 1. The molecule has 1 fully saturated rings. The molecule has 1 unspecified atom stereocenters. The fourth-order valence-corrected chi connectivity index (χ4v) is 2.05. The molecule has 0 amide bonds. The van der Waals surface area contributed by atoms with E-state index < -0.39 is 6.10 Å². The lowest BCUT2D eigenvalue weighted by molar-refractivity contribution is -0.135. The van der Waals surface area contributed by atoms with Crippen LogP contribution in [0.3, 0.4) is 0 Å². The van der Waals surface area contributed by atoms with Gasteiger partial charge in [-0.25, -0.2) is 0 Å². The average molecular weight is 250 g/mol. The van der Waals surface area contributed by atoms with Crippen LogP contribution in [0.5, 0.6) is 0 Å². The van der Waals surface area contributed by atoms with Crippen LogP contribution in [-0.2, 0) is 4.84 Å². The second-order valence-electron chi connectivity index (χ2n) is 5.01. The first-order valence-electron chi connectivity index (χ1n) is 6.48. The average Bonchev–Trinajstić information content (AvgIpc) is 2.30. The minimum absolute atomic E-state index is 0.559. The smallest absolute Gasteiger partial charge is 0.146 e. The Morgan fingerprint density at radius 3 is 2.72 bits per heavy atom. The molecule has 0 radical (unpaired) electrons. The van der Waals surface area contributed by atoms with Crippen LogP contribution in [0.4, 0.5) is 0 Å². The minimum Gasteiger partial charge on any atom is -0.406 e. The minimum atomic E-state index is -0.559. The third kappa shape index (κ3) is 3.98. The molecule has 0 bridgehead atoms. The number of aliphatic hydroxyl groups excluding tert-OH is 1. The predicted octanol–water partition coefficient (Wildman–Crippen LogP) is 1.32. The molecule has 1 atom stereocenters. The molecule has 1 aliphatic heterocycles. The normalized spacial score (nSPS) is 34.7. The van der Waals surface area contributed by atoms with Crippen LogP contribution in [-0.4, -0.2) is 54.4 Å². The SMILES string of the molecule is C/C1=C/C(ON2CCN(C)CC2)=C\C(O)/C=C\C1. The van der Waals surface area contributed by atoms with Gasteiger partial charge in [0, 0.05) is 26.2 Å². The van der Waals surface area contributed by atoms with E-state index in [1.165, 1.54) is 5.57 Å². The molecule has 0 aromatic rings. The maximum Gasteiger partial charge on any atom is 0.146 e.